The Morgan fingerprint density at radius 2 is 2.33 bits per heavy atom. The highest BCUT2D eigenvalue weighted by molar-refractivity contribution is 6.32. The monoisotopic (exact) mass is 144 g/mol. The van der Waals surface area contributed by atoms with Gasteiger partial charge < -0.3 is 5.73 Å². The van der Waals surface area contributed by atoms with Crippen molar-refractivity contribution in [1.82, 2.24) is 5.32 Å². The quantitative estimate of drug-likeness (QED) is 0.467. The van der Waals surface area contributed by atoms with Gasteiger partial charge in [-0.3, -0.25) is 4.79 Å². The van der Waals surface area contributed by atoms with Crippen molar-refractivity contribution in [3.63, 3.8) is 0 Å². The van der Waals surface area contributed by atoms with Gasteiger partial charge in [0, 0.05) is 0 Å². The summed E-state index contributed by atoms with van der Waals surface area (Å²) in [5.74, 6) is -0.532. The van der Waals surface area contributed by atoms with Crippen LogP contribution in [-0.4, -0.2) is 12.2 Å². The average molecular weight is 145 g/mol. The van der Waals surface area contributed by atoms with E-state index in [4.69, 9.17) is 17.3 Å². The van der Waals surface area contributed by atoms with Gasteiger partial charge in [0.15, 0.2) is 5.16 Å². The number of nitrogens with two attached hydrogens (primary N) is 1. The standard InChI is InChI=1S/C4H3ClN3O/c5-3-2(6)4(9)8-1-7-3/h1H,6H2. The summed E-state index contributed by atoms with van der Waals surface area (Å²) in [5.41, 5.74) is 5.01. The fourth-order valence-electron chi connectivity index (χ4n) is 0.359. The van der Waals surface area contributed by atoms with Crippen molar-refractivity contribution in [2.75, 3.05) is 0 Å². The Labute approximate surface area is 56.4 Å². The van der Waals surface area contributed by atoms with E-state index < -0.39 is 5.91 Å². The fourth-order valence-corrected chi connectivity index (χ4v) is 0.484. The zero-order chi connectivity index (χ0) is 6.85. The van der Waals surface area contributed by atoms with Gasteiger partial charge in [0.05, 0.1) is 0 Å². The molecule has 4 nitrogen and oxygen atoms in total. The zero-order valence-corrected chi connectivity index (χ0v) is 5.09. The lowest BCUT2D eigenvalue weighted by atomic mass is 10.4. The minimum Gasteiger partial charge on any atom is -0.392 e. The summed E-state index contributed by atoms with van der Waals surface area (Å²) in [4.78, 5) is 13.7. The highest BCUT2D eigenvalue weighted by atomic mass is 35.5. The second-order valence-electron chi connectivity index (χ2n) is 1.38. The van der Waals surface area contributed by atoms with E-state index in [1.54, 1.807) is 0 Å². The third-order valence-corrected chi connectivity index (χ3v) is 1.10. The van der Waals surface area contributed by atoms with Crippen molar-refractivity contribution < 1.29 is 4.79 Å². The largest absolute Gasteiger partial charge is 0.392 e. The van der Waals surface area contributed by atoms with E-state index in [9.17, 15) is 4.79 Å². The van der Waals surface area contributed by atoms with E-state index in [0.717, 1.165) is 6.34 Å². The Balaban J connectivity index is 2.92. The van der Waals surface area contributed by atoms with E-state index in [1.165, 1.54) is 0 Å². The predicted octanol–water partition coefficient (Wildman–Crippen LogP) is -0.474. The molecule has 0 fully saturated rings. The van der Waals surface area contributed by atoms with Gasteiger partial charge in [0.1, 0.15) is 12.0 Å². The fraction of sp³-hybridized carbons (Fsp3) is 0. The van der Waals surface area contributed by atoms with Gasteiger partial charge in [0.25, 0.3) is 5.91 Å². The molecule has 1 rings (SSSR count). The third kappa shape index (κ3) is 1.02. The lowest BCUT2D eigenvalue weighted by Gasteiger charge is -2.02. The Kier molecular flexibility index (Phi) is 1.40. The molecule has 0 saturated carbocycles. The summed E-state index contributed by atoms with van der Waals surface area (Å²) in [6.07, 6.45) is 1.07. The molecule has 47 valence electrons. The van der Waals surface area contributed by atoms with Crippen LogP contribution in [0.5, 0.6) is 0 Å². The van der Waals surface area contributed by atoms with Gasteiger partial charge in [-0.15, -0.1) is 0 Å². The second-order valence-corrected chi connectivity index (χ2v) is 1.74. The molecule has 0 aliphatic carbocycles. The number of rotatable bonds is 0. The summed E-state index contributed by atoms with van der Waals surface area (Å²) in [6, 6.07) is 0. The molecule has 0 saturated heterocycles. The van der Waals surface area contributed by atoms with Gasteiger partial charge >= 0.3 is 0 Å². The van der Waals surface area contributed by atoms with Crippen molar-refractivity contribution >= 4 is 23.8 Å². The molecular weight excluding hydrogens is 142 g/mol. The third-order valence-electron chi connectivity index (χ3n) is 0.799. The summed E-state index contributed by atoms with van der Waals surface area (Å²) in [5, 5.41) is 3.48. The smallest absolute Gasteiger partial charge is 0.297 e. The van der Waals surface area contributed by atoms with Crippen LogP contribution in [0.2, 0.25) is 0 Å². The lowest BCUT2D eigenvalue weighted by Crippen LogP contribution is -2.19. The number of halogens is 1. The molecule has 2 N–H and O–H groups in total. The topological polar surface area (TPSA) is 69.6 Å². The zero-order valence-electron chi connectivity index (χ0n) is 4.34. The molecule has 0 aromatic carbocycles. The Hall–Kier alpha value is -1.03. The van der Waals surface area contributed by atoms with E-state index >= 15 is 0 Å². The maximum atomic E-state index is 10.5. The van der Waals surface area contributed by atoms with Crippen molar-refractivity contribution in [3.05, 3.63) is 10.9 Å². The van der Waals surface area contributed by atoms with Crippen LogP contribution in [0, 0.1) is 0 Å². The minimum atomic E-state index is -0.532. The van der Waals surface area contributed by atoms with Gasteiger partial charge in [-0.05, 0) is 0 Å². The number of nitrogens with zero attached hydrogens (tertiary/aromatic N) is 2. The molecule has 0 spiro atoms. The van der Waals surface area contributed by atoms with Crippen LogP contribution < -0.4 is 11.1 Å². The SMILES string of the molecule is NC1=C(Cl)[N]C=NC1=O. The summed E-state index contributed by atoms with van der Waals surface area (Å²) < 4.78 is 0. The molecule has 0 unspecified atom stereocenters. The first-order valence-electron chi connectivity index (χ1n) is 2.15. The molecule has 1 aliphatic rings. The van der Waals surface area contributed by atoms with E-state index in [1.807, 2.05) is 0 Å². The van der Waals surface area contributed by atoms with Crippen LogP contribution in [0.15, 0.2) is 15.8 Å². The molecule has 1 aliphatic heterocycles. The number of hydrogen-bond acceptors (Lipinski definition) is 2. The summed E-state index contributed by atoms with van der Waals surface area (Å²) >= 11 is 5.34. The molecule has 0 aromatic rings. The second kappa shape index (κ2) is 2.06. The molecule has 5 heteroatoms. The average Bonchev–Trinajstić information content (AvgIpc) is 1.83. The van der Waals surface area contributed by atoms with Crippen molar-refractivity contribution in [3.8, 4) is 0 Å². The van der Waals surface area contributed by atoms with Crippen LogP contribution in [0.25, 0.3) is 0 Å². The number of hydrogen-bond donors (Lipinski definition) is 1. The molecule has 0 bridgehead atoms. The normalized spacial score (nSPS) is 18.1. The maximum Gasteiger partial charge on any atom is 0.297 e. The molecule has 0 atom stereocenters. The van der Waals surface area contributed by atoms with Gasteiger partial charge in [-0.2, -0.15) is 4.99 Å². The molecule has 1 amide bonds. The maximum absolute atomic E-state index is 10.5. The van der Waals surface area contributed by atoms with Crippen LogP contribution >= 0.6 is 11.6 Å². The summed E-state index contributed by atoms with van der Waals surface area (Å²) in [7, 11) is 0. The first-order valence-corrected chi connectivity index (χ1v) is 2.52. The van der Waals surface area contributed by atoms with E-state index in [-0.39, 0.29) is 10.9 Å². The van der Waals surface area contributed by atoms with Crippen LogP contribution in [0.3, 0.4) is 0 Å². The van der Waals surface area contributed by atoms with Crippen molar-refractivity contribution in [2.24, 2.45) is 10.7 Å². The molecule has 0 aromatic heterocycles. The van der Waals surface area contributed by atoms with Gasteiger partial charge in [0.2, 0.25) is 0 Å². The van der Waals surface area contributed by atoms with E-state index in [2.05, 4.69) is 10.3 Å². The lowest BCUT2D eigenvalue weighted by molar-refractivity contribution is -0.114. The molecule has 1 heterocycles. The minimum absolute atomic E-state index is 0.00926. The Morgan fingerprint density at radius 3 is 2.78 bits per heavy atom. The number of carbonyl (C=O) groups is 1. The molecular formula is C4H3ClN3O. The molecule has 9 heavy (non-hydrogen) atoms. The van der Waals surface area contributed by atoms with Gasteiger partial charge in [-0.1, -0.05) is 11.6 Å². The first-order chi connectivity index (χ1) is 4.22. The van der Waals surface area contributed by atoms with Crippen LogP contribution in [-0.2, 0) is 4.79 Å². The Bertz CT molecular complexity index is 208. The number of aliphatic imine (C=N–C) groups is 1. The van der Waals surface area contributed by atoms with Crippen LogP contribution in [0.1, 0.15) is 0 Å². The van der Waals surface area contributed by atoms with Crippen LogP contribution in [0.4, 0.5) is 0 Å². The van der Waals surface area contributed by atoms with Gasteiger partial charge in [-0.25, -0.2) is 5.32 Å². The highest BCUT2D eigenvalue weighted by Gasteiger charge is 2.12. The van der Waals surface area contributed by atoms with Crippen molar-refractivity contribution in [1.29, 1.82) is 0 Å². The first kappa shape index (κ1) is 6.10. The number of amides is 1. The number of carbonyl (C=O) groups excluding carboxylic acids is 1. The van der Waals surface area contributed by atoms with E-state index in [0.29, 0.717) is 0 Å². The Morgan fingerprint density at radius 1 is 1.67 bits per heavy atom. The molecule has 1 radical (unpaired) electrons. The highest BCUT2D eigenvalue weighted by Crippen LogP contribution is 2.05. The van der Waals surface area contributed by atoms with Crippen molar-refractivity contribution in [2.45, 2.75) is 0 Å². The summed E-state index contributed by atoms with van der Waals surface area (Å²) in [6.45, 7) is 0. The predicted molar refractivity (Wildman–Crippen MR) is 32.7 cm³/mol.